The van der Waals surface area contributed by atoms with Crippen LogP contribution < -0.4 is 15.5 Å². The van der Waals surface area contributed by atoms with Gasteiger partial charge in [-0.3, -0.25) is 14.8 Å². The van der Waals surface area contributed by atoms with Gasteiger partial charge in [-0.2, -0.15) is 0 Å². The third kappa shape index (κ3) is 5.31. The van der Waals surface area contributed by atoms with Crippen LogP contribution in [0.5, 0.6) is 5.75 Å². The summed E-state index contributed by atoms with van der Waals surface area (Å²) in [5.74, 6) is 4.87. The van der Waals surface area contributed by atoms with E-state index in [1.54, 1.807) is 6.07 Å². The maximum absolute atomic E-state index is 12.4. The predicted octanol–water partition coefficient (Wildman–Crippen LogP) is 1.08. The van der Waals surface area contributed by atoms with Gasteiger partial charge in [0.05, 0.1) is 18.8 Å². The molecule has 0 fully saturated rings. The highest BCUT2D eigenvalue weighted by Crippen LogP contribution is 2.19. The highest BCUT2D eigenvalue weighted by atomic mass is 16.5. The fraction of sp³-hybridized carbons (Fsp3) is 0.200. The molecule has 0 saturated heterocycles. The predicted molar refractivity (Wildman–Crippen MR) is 98.3 cm³/mol. The number of hydroxylamine groups is 1. The third-order valence-corrected chi connectivity index (χ3v) is 3.74. The van der Waals surface area contributed by atoms with E-state index in [1.807, 2.05) is 30.3 Å². The Bertz CT molecular complexity index is 869. The van der Waals surface area contributed by atoms with E-state index >= 15 is 0 Å². The minimum atomic E-state index is -1.30. The number of rotatable bonds is 5. The monoisotopic (exact) mass is 368 g/mol. The van der Waals surface area contributed by atoms with E-state index in [2.05, 4.69) is 17.2 Å². The van der Waals surface area contributed by atoms with E-state index in [9.17, 15) is 14.7 Å². The van der Waals surface area contributed by atoms with Crippen LogP contribution in [0.15, 0.2) is 48.5 Å². The summed E-state index contributed by atoms with van der Waals surface area (Å²) in [5.41, 5.74) is 3.07. The minimum Gasteiger partial charge on any atom is -0.495 e. The topological polar surface area (TPSA) is 108 Å². The molecule has 0 radical (unpaired) electrons. The van der Waals surface area contributed by atoms with Crippen LogP contribution in [-0.4, -0.2) is 41.4 Å². The Labute approximate surface area is 156 Å². The standard InChI is InChI=1S/C20H20N2O5/c1-13(23)18(20(25)22-26)21-19(24)16-11-10-15(17(12-16)27-2)9-8-14-6-4-3-5-7-14/h3-7,10-13,18,23,26H,1-2H3,(H,21,24)(H,22,25). The number of carbonyl (C=O) groups excluding carboxylic acids is 2. The molecule has 0 aliphatic carbocycles. The molecule has 2 atom stereocenters. The quantitative estimate of drug-likeness (QED) is 0.359. The lowest BCUT2D eigenvalue weighted by atomic mass is 10.1. The molecule has 7 heteroatoms. The molecule has 140 valence electrons. The molecule has 2 unspecified atom stereocenters. The maximum atomic E-state index is 12.4. The van der Waals surface area contributed by atoms with E-state index in [4.69, 9.17) is 9.94 Å². The average molecular weight is 368 g/mol. The Hall–Kier alpha value is -3.34. The molecule has 0 heterocycles. The van der Waals surface area contributed by atoms with Gasteiger partial charge in [0.15, 0.2) is 0 Å². The zero-order valence-electron chi connectivity index (χ0n) is 14.9. The first-order valence-corrected chi connectivity index (χ1v) is 8.14. The molecule has 2 amide bonds. The molecule has 27 heavy (non-hydrogen) atoms. The molecule has 0 bridgehead atoms. The Morgan fingerprint density at radius 3 is 2.41 bits per heavy atom. The smallest absolute Gasteiger partial charge is 0.268 e. The highest BCUT2D eigenvalue weighted by Gasteiger charge is 2.26. The van der Waals surface area contributed by atoms with Crippen LogP contribution in [0.3, 0.4) is 0 Å². The fourth-order valence-electron chi connectivity index (χ4n) is 2.30. The number of methoxy groups -OCH3 is 1. The molecular weight excluding hydrogens is 348 g/mol. The molecule has 0 saturated carbocycles. The lowest BCUT2D eigenvalue weighted by Gasteiger charge is -2.19. The minimum absolute atomic E-state index is 0.216. The number of aliphatic hydroxyl groups excluding tert-OH is 1. The van der Waals surface area contributed by atoms with Crippen molar-refractivity contribution in [2.24, 2.45) is 0 Å². The molecule has 2 aromatic carbocycles. The molecule has 0 aliphatic heterocycles. The van der Waals surface area contributed by atoms with Crippen LogP contribution in [0.1, 0.15) is 28.4 Å². The largest absolute Gasteiger partial charge is 0.495 e. The van der Waals surface area contributed by atoms with Crippen LogP contribution in [0.25, 0.3) is 0 Å². The van der Waals surface area contributed by atoms with Crippen LogP contribution in [-0.2, 0) is 4.79 Å². The summed E-state index contributed by atoms with van der Waals surface area (Å²) in [6, 6.07) is 12.8. The summed E-state index contributed by atoms with van der Waals surface area (Å²) in [5, 5.41) is 20.7. The van der Waals surface area contributed by atoms with Gasteiger partial charge in [-0.15, -0.1) is 0 Å². The van der Waals surface area contributed by atoms with Gasteiger partial charge >= 0.3 is 0 Å². The molecule has 7 nitrogen and oxygen atoms in total. The second kappa shape index (κ2) is 9.38. The normalized spacial score (nSPS) is 12.1. The average Bonchev–Trinajstić information content (AvgIpc) is 2.70. The van der Waals surface area contributed by atoms with Crippen molar-refractivity contribution >= 4 is 11.8 Å². The summed E-state index contributed by atoms with van der Waals surface area (Å²) in [7, 11) is 1.46. The van der Waals surface area contributed by atoms with Crippen molar-refractivity contribution < 1.29 is 24.6 Å². The Kier molecular flexibility index (Phi) is 6.94. The zero-order valence-corrected chi connectivity index (χ0v) is 14.9. The van der Waals surface area contributed by atoms with Crippen LogP contribution in [0, 0.1) is 11.8 Å². The zero-order chi connectivity index (χ0) is 19.8. The van der Waals surface area contributed by atoms with Crippen LogP contribution in [0.2, 0.25) is 0 Å². The molecule has 4 N–H and O–H groups in total. The van der Waals surface area contributed by atoms with Gasteiger partial charge in [0.1, 0.15) is 11.8 Å². The number of carbonyl (C=O) groups is 2. The Morgan fingerprint density at radius 2 is 1.81 bits per heavy atom. The Balaban J connectivity index is 2.23. The summed E-state index contributed by atoms with van der Waals surface area (Å²) in [4.78, 5) is 23.9. The first-order valence-electron chi connectivity index (χ1n) is 8.14. The van der Waals surface area contributed by atoms with Crippen molar-refractivity contribution in [3.8, 4) is 17.6 Å². The first kappa shape index (κ1) is 20.0. The van der Waals surface area contributed by atoms with Crippen molar-refractivity contribution in [1.29, 1.82) is 0 Å². The molecule has 2 rings (SSSR count). The summed E-state index contributed by atoms with van der Waals surface area (Å²) in [6.07, 6.45) is -1.20. The van der Waals surface area contributed by atoms with Crippen molar-refractivity contribution in [1.82, 2.24) is 10.8 Å². The van der Waals surface area contributed by atoms with E-state index in [0.717, 1.165) is 5.56 Å². The van der Waals surface area contributed by atoms with Crippen molar-refractivity contribution in [2.75, 3.05) is 7.11 Å². The summed E-state index contributed by atoms with van der Waals surface area (Å²) in [6.45, 7) is 1.32. The van der Waals surface area contributed by atoms with E-state index < -0.39 is 24.0 Å². The van der Waals surface area contributed by atoms with Gasteiger partial charge in [-0.05, 0) is 37.3 Å². The van der Waals surface area contributed by atoms with Crippen LogP contribution in [0.4, 0.5) is 0 Å². The molecule has 0 aromatic heterocycles. The number of hydrogen-bond donors (Lipinski definition) is 4. The number of amides is 2. The molecule has 0 aliphatic rings. The van der Waals surface area contributed by atoms with Crippen molar-refractivity contribution in [3.05, 3.63) is 65.2 Å². The fourth-order valence-corrected chi connectivity index (χ4v) is 2.30. The second-order valence-corrected chi connectivity index (χ2v) is 5.70. The van der Waals surface area contributed by atoms with Gasteiger partial charge in [-0.1, -0.05) is 30.0 Å². The number of ether oxygens (including phenoxy) is 1. The Morgan fingerprint density at radius 1 is 1.11 bits per heavy atom. The first-order chi connectivity index (χ1) is 13.0. The van der Waals surface area contributed by atoms with E-state index in [-0.39, 0.29) is 5.56 Å². The van der Waals surface area contributed by atoms with Gasteiger partial charge in [0, 0.05) is 11.1 Å². The van der Waals surface area contributed by atoms with Gasteiger partial charge < -0.3 is 15.2 Å². The van der Waals surface area contributed by atoms with E-state index in [1.165, 1.54) is 31.6 Å². The van der Waals surface area contributed by atoms with E-state index in [0.29, 0.717) is 11.3 Å². The number of aliphatic hydroxyl groups is 1. The number of hydrogen-bond acceptors (Lipinski definition) is 5. The summed E-state index contributed by atoms with van der Waals surface area (Å²) < 4.78 is 5.29. The number of benzene rings is 2. The number of nitrogens with one attached hydrogen (secondary N) is 2. The molecule has 0 spiro atoms. The summed E-state index contributed by atoms with van der Waals surface area (Å²) >= 11 is 0. The van der Waals surface area contributed by atoms with Crippen LogP contribution >= 0.6 is 0 Å². The second-order valence-electron chi connectivity index (χ2n) is 5.70. The van der Waals surface area contributed by atoms with Crippen molar-refractivity contribution in [2.45, 2.75) is 19.1 Å². The third-order valence-electron chi connectivity index (χ3n) is 3.74. The SMILES string of the molecule is COc1cc(C(=O)NC(C(=O)NO)C(C)O)ccc1C#Cc1ccccc1. The maximum Gasteiger partial charge on any atom is 0.268 e. The van der Waals surface area contributed by atoms with Gasteiger partial charge in [-0.25, -0.2) is 5.48 Å². The highest BCUT2D eigenvalue weighted by molar-refractivity contribution is 5.98. The lowest BCUT2D eigenvalue weighted by Crippen LogP contribution is -2.51. The van der Waals surface area contributed by atoms with Gasteiger partial charge in [0.2, 0.25) is 0 Å². The molecule has 2 aromatic rings. The van der Waals surface area contributed by atoms with Gasteiger partial charge in [0.25, 0.3) is 11.8 Å². The lowest BCUT2D eigenvalue weighted by molar-refractivity contribution is -0.133. The van der Waals surface area contributed by atoms with Crippen molar-refractivity contribution in [3.63, 3.8) is 0 Å². The molecular formula is C20H20N2O5.